The number of benzene rings is 2. The Morgan fingerprint density at radius 2 is 1.11 bits per heavy atom. The van der Waals surface area contributed by atoms with E-state index in [0.717, 1.165) is 12.1 Å². The molecule has 0 N–H and O–H groups in total. The molecule has 0 aliphatic carbocycles. The lowest BCUT2D eigenvalue weighted by molar-refractivity contribution is 0.0133. The molecule has 2 aromatic heterocycles. The van der Waals surface area contributed by atoms with Crippen LogP contribution in [0.4, 0.5) is 17.6 Å². The fraction of sp³-hybridized carbons (Fsp3) is 0.333. The standard InChI is InChI=1S/C24H24F4N6O2/c25-17-3-5-19(21(27)9-17)23(11-33-15-29-13-31-33)35-7-1-2-8-36-24(12-34-16-30-14-32-34)20-6-4-18(26)10-22(20)28/h3-6,9-10,13-16,23-24H,1-2,7-8,11-12H2. The first-order chi connectivity index (χ1) is 17.5. The number of halogens is 4. The van der Waals surface area contributed by atoms with Gasteiger partial charge in [0.25, 0.3) is 0 Å². The molecule has 0 saturated heterocycles. The van der Waals surface area contributed by atoms with Crippen molar-refractivity contribution in [2.24, 2.45) is 0 Å². The second-order valence-corrected chi connectivity index (χ2v) is 7.99. The van der Waals surface area contributed by atoms with Gasteiger partial charge in [-0.3, -0.25) is 9.36 Å². The normalized spacial score (nSPS) is 13.1. The zero-order valence-electron chi connectivity index (χ0n) is 19.2. The molecule has 0 saturated carbocycles. The lowest BCUT2D eigenvalue weighted by Gasteiger charge is -2.20. The molecule has 2 heterocycles. The Morgan fingerprint density at radius 1 is 0.667 bits per heavy atom. The zero-order chi connectivity index (χ0) is 25.3. The van der Waals surface area contributed by atoms with Crippen LogP contribution in [0.25, 0.3) is 0 Å². The Labute approximate surface area is 204 Å². The molecule has 4 aromatic rings. The lowest BCUT2D eigenvalue weighted by Crippen LogP contribution is -2.17. The van der Waals surface area contributed by atoms with E-state index in [9.17, 15) is 17.6 Å². The Balaban J connectivity index is 1.32. The van der Waals surface area contributed by atoms with Crippen LogP contribution in [0.3, 0.4) is 0 Å². The lowest BCUT2D eigenvalue weighted by atomic mass is 10.1. The van der Waals surface area contributed by atoms with Crippen molar-refractivity contribution in [1.29, 1.82) is 0 Å². The average molecular weight is 504 g/mol. The molecule has 0 amide bonds. The summed E-state index contributed by atoms with van der Waals surface area (Å²) in [6, 6.07) is 6.67. The van der Waals surface area contributed by atoms with Crippen molar-refractivity contribution in [1.82, 2.24) is 29.5 Å². The second kappa shape index (κ2) is 12.4. The van der Waals surface area contributed by atoms with E-state index in [0.29, 0.717) is 12.8 Å². The van der Waals surface area contributed by atoms with Crippen molar-refractivity contribution in [2.45, 2.75) is 38.1 Å². The average Bonchev–Trinajstić information content (AvgIpc) is 3.54. The number of unbranched alkanes of at least 4 members (excludes halogenated alkanes) is 1. The SMILES string of the molecule is Fc1ccc(C(Cn2cncn2)OCCCCOC(Cn2cncn2)c2ccc(F)cc2F)c(F)c1. The van der Waals surface area contributed by atoms with E-state index >= 15 is 0 Å². The molecular formula is C24H24F4N6O2. The summed E-state index contributed by atoms with van der Waals surface area (Å²) in [7, 11) is 0. The van der Waals surface area contributed by atoms with Gasteiger partial charge in [-0.1, -0.05) is 12.1 Å². The first kappa shape index (κ1) is 25.5. The van der Waals surface area contributed by atoms with Crippen LogP contribution in [0.1, 0.15) is 36.2 Å². The summed E-state index contributed by atoms with van der Waals surface area (Å²) < 4.78 is 70.3. The predicted molar refractivity (Wildman–Crippen MR) is 119 cm³/mol. The predicted octanol–water partition coefficient (Wildman–Crippen LogP) is 4.42. The summed E-state index contributed by atoms with van der Waals surface area (Å²) in [6.07, 6.45) is 5.37. The van der Waals surface area contributed by atoms with Gasteiger partial charge < -0.3 is 9.47 Å². The smallest absolute Gasteiger partial charge is 0.137 e. The fourth-order valence-corrected chi connectivity index (χ4v) is 3.66. The molecule has 0 aliphatic heterocycles. The van der Waals surface area contributed by atoms with E-state index in [2.05, 4.69) is 20.2 Å². The highest BCUT2D eigenvalue weighted by Gasteiger charge is 2.20. The van der Waals surface area contributed by atoms with Crippen LogP contribution in [-0.2, 0) is 22.6 Å². The highest BCUT2D eigenvalue weighted by Crippen LogP contribution is 2.25. The number of rotatable bonds is 13. The Kier molecular flexibility index (Phi) is 8.74. The first-order valence-corrected chi connectivity index (χ1v) is 11.3. The summed E-state index contributed by atoms with van der Waals surface area (Å²) in [5.74, 6) is -2.77. The fourth-order valence-electron chi connectivity index (χ4n) is 3.66. The minimum Gasteiger partial charge on any atom is -0.371 e. The molecule has 2 atom stereocenters. The minimum atomic E-state index is -0.708. The third-order valence-electron chi connectivity index (χ3n) is 5.43. The molecule has 2 unspecified atom stereocenters. The molecule has 4 rings (SSSR count). The molecule has 12 heteroatoms. The maximum absolute atomic E-state index is 14.4. The van der Waals surface area contributed by atoms with Crippen LogP contribution < -0.4 is 0 Å². The van der Waals surface area contributed by atoms with Gasteiger partial charge in [-0.2, -0.15) is 10.2 Å². The van der Waals surface area contributed by atoms with E-state index in [1.807, 2.05) is 0 Å². The van der Waals surface area contributed by atoms with Crippen molar-refractivity contribution in [3.05, 3.63) is 96.1 Å². The molecule has 190 valence electrons. The van der Waals surface area contributed by atoms with Crippen LogP contribution >= 0.6 is 0 Å². The first-order valence-electron chi connectivity index (χ1n) is 11.3. The molecule has 2 aromatic carbocycles. The van der Waals surface area contributed by atoms with Gasteiger partial charge in [-0.15, -0.1) is 0 Å². The number of ether oxygens (including phenoxy) is 2. The number of hydrogen-bond donors (Lipinski definition) is 0. The topological polar surface area (TPSA) is 79.9 Å². The number of hydrogen-bond acceptors (Lipinski definition) is 6. The maximum Gasteiger partial charge on any atom is 0.137 e. The Hall–Kier alpha value is -3.64. The van der Waals surface area contributed by atoms with Gasteiger partial charge in [0.05, 0.1) is 13.1 Å². The van der Waals surface area contributed by atoms with Gasteiger partial charge in [0.1, 0.15) is 60.8 Å². The summed E-state index contributed by atoms with van der Waals surface area (Å²) in [5, 5.41) is 8.04. The monoisotopic (exact) mass is 504 g/mol. The van der Waals surface area contributed by atoms with Crippen LogP contribution in [0.2, 0.25) is 0 Å². The Morgan fingerprint density at radius 3 is 1.47 bits per heavy atom. The molecule has 0 radical (unpaired) electrons. The summed E-state index contributed by atoms with van der Waals surface area (Å²) >= 11 is 0. The van der Waals surface area contributed by atoms with Crippen molar-refractivity contribution in [3.8, 4) is 0 Å². The molecule has 36 heavy (non-hydrogen) atoms. The van der Waals surface area contributed by atoms with E-state index in [1.165, 1.54) is 58.9 Å². The molecule has 0 aliphatic rings. The van der Waals surface area contributed by atoms with Gasteiger partial charge in [-0.05, 0) is 25.0 Å². The van der Waals surface area contributed by atoms with Gasteiger partial charge in [0.15, 0.2) is 0 Å². The molecule has 0 spiro atoms. The third-order valence-corrected chi connectivity index (χ3v) is 5.43. The van der Waals surface area contributed by atoms with Crippen LogP contribution in [0.5, 0.6) is 0 Å². The van der Waals surface area contributed by atoms with E-state index in [4.69, 9.17) is 9.47 Å². The van der Waals surface area contributed by atoms with Crippen molar-refractivity contribution < 1.29 is 27.0 Å². The van der Waals surface area contributed by atoms with Crippen molar-refractivity contribution in [2.75, 3.05) is 13.2 Å². The molecular weight excluding hydrogens is 480 g/mol. The van der Waals surface area contributed by atoms with Gasteiger partial charge in [0.2, 0.25) is 0 Å². The largest absolute Gasteiger partial charge is 0.371 e. The molecule has 8 nitrogen and oxygen atoms in total. The number of nitrogens with zero attached hydrogens (tertiary/aromatic N) is 6. The van der Waals surface area contributed by atoms with Crippen molar-refractivity contribution in [3.63, 3.8) is 0 Å². The minimum absolute atomic E-state index is 0.197. The molecule has 0 bridgehead atoms. The van der Waals surface area contributed by atoms with Crippen LogP contribution in [-0.4, -0.2) is 42.7 Å². The van der Waals surface area contributed by atoms with Gasteiger partial charge >= 0.3 is 0 Å². The quantitative estimate of drug-likeness (QED) is 0.198. The van der Waals surface area contributed by atoms with E-state index < -0.39 is 35.5 Å². The summed E-state index contributed by atoms with van der Waals surface area (Å²) in [4.78, 5) is 7.75. The summed E-state index contributed by atoms with van der Waals surface area (Å²) in [5.41, 5.74) is 0.422. The Bertz CT molecular complexity index is 1130. The molecule has 0 fully saturated rings. The maximum atomic E-state index is 14.4. The summed E-state index contributed by atoms with van der Waals surface area (Å²) in [6.45, 7) is 0.919. The van der Waals surface area contributed by atoms with Gasteiger partial charge in [-0.25, -0.2) is 27.5 Å². The van der Waals surface area contributed by atoms with Gasteiger partial charge in [0, 0.05) is 36.5 Å². The second-order valence-electron chi connectivity index (χ2n) is 7.99. The third kappa shape index (κ3) is 6.95. The highest BCUT2D eigenvalue weighted by molar-refractivity contribution is 5.22. The number of aromatic nitrogens is 6. The zero-order valence-corrected chi connectivity index (χ0v) is 19.2. The van der Waals surface area contributed by atoms with E-state index in [-0.39, 0.29) is 37.4 Å². The highest BCUT2D eigenvalue weighted by atomic mass is 19.1. The van der Waals surface area contributed by atoms with E-state index in [1.54, 1.807) is 0 Å². The van der Waals surface area contributed by atoms with Crippen molar-refractivity contribution >= 4 is 0 Å². The van der Waals surface area contributed by atoms with Crippen LogP contribution in [0, 0.1) is 23.3 Å². The van der Waals surface area contributed by atoms with Crippen LogP contribution in [0.15, 0.2) is 61.7 Å².